The van der Waals surface area contributed by atoms with Crippen LogP contribution in [0.5, 0.6) is 0 Å². The van der Waals surface area contributed by atoms with Crippen LogP contribution in [0.25, 0.3) is 0 Å². The first kappa shape index (κ1) is 11.9. The van der Waals surface area contributed by atoms with Crippen LogP contribution in [-0.2, 0) is 13.0 Å². The maximum atomic E-state index is 5.25. The first-order valence-electron chi connectivity index (χ1n) is 6.13. The predicted octanol–water partition coefficient (Wildman–Crippen LogP) is 3.31. The summed E-state index contributed by atoms with van der Waals surface area (Å²) in [6.45, 7) is 3.96. The van der Waals surface area contributed by atoms with E-state index in [2.05, 4.69) is 36.5 Å². The molecule has 2 heteroatoms. The first-order chi connectivity index (χ1) is 8.34. The summed E-state index contributed by atoms with van der Waals surface area (Å²) in [5.41, 5.74) is 2.74. The summed E-state index contributed by atoms with van der Waals surface area (Å²) in [5, 5.41) is 3.38. The van der Waals surface area contributed by atoms with E-state index >= 15 is 0 Å². The van der Waals surface area contributed by atoms with Gasteiger partial charge in [0.05, 0.1) is 12.8 Å². The van der Waals surface area contributed by atoms with E-state index in [0.29, 0.717) is 0 Å². The van der Waals surface area contributed by atoms with E-state index in [-0.39, 0.29) is 0 Å². The number of aryl methyl sites for hydroxylation is 2. The minimum atomic E-state index is 0.820. The summed E-state index contributed by atoms with van der Waals surface area (Å²) in [6.07, 6.45) is 4.00. The van der Waals surface area contributed by atoms with Crippen LogP contribution in [0.2, 0.25) is 0 Å². The van der Waals surface area contributed by atoms with E-state index in [1.807, 2.05) is 12.1 Å². The van der Waals surface area contributed by atoms with Crippen molar-refractivity contribution in [3.63, 3.8) is 0 Å². The Bertz CT molecular complexity index is 417. The van der Waals surface area contributed by atoms with Gasteiger partial charge in [-0.1, -0.05) is 29.8 Å². The number of hydrogen-bond acceptors (Lipinski definition) is 2. The summed E-state index contributed by atoms with van der Waals surface area (Å²) < 4.78 is 5.25. The molecule has 0 fully saturated rings. The zero-order chi connectivity index (χ0) is 11.9. The standard InChI is InChI=1S/C15H19NO/c1-13-6-8-14(9-7-13)4-2-10-16-12-15-5-3-11-17-15/h3,5-9,11,16H,2,4,10,12H2,1H3. The van der Waals surface area contributed by atoms with E-state index in [1.54, 1.807) is 6.26 Å². The van der Waals surface area contributed by atoms with Crippen LogP contribution >= 0.6 is 0 Å². The predicted molar refractivity (Wildman–Crippen MR) is 69.9 cm³/mol. The summed E-state index contributed by atoms with van der Waals surface area (Å²) in [6, 6.07) is 12.7. The van der Waals surface area contributed by atoms with Gasteiger partial charge in [0.25, 0.3) is 0 Å². The molecule has 0 bridgehead atoms. The molecule has 1 N–H and O–H groups in total. The Balaban J connectivity index is 1.61. The molecule has 0 aliphatic heterocycles. The molecule has 0 saturated heterocycles. The molecule has 2 aromatic rings. The van der Waals surface area contributed by atoms with E-state index in [1.165, 1.54) is 11.1 Å². The second-order valence-electron chi connectivity index (χ2n) is 4.35. The lowest BCUT2D eigenvalue weighted by atomic mass is 10.1. The zero-order valence-electron chi connectivity index (χ0n) is 10.3. The zero-order valence-corrected chi connectivity index (χ0v) is 10.3. The second kappa shape index (κ2) is 6.26. The Kier molecular flexibility index (Phi) is 4.39. The van der Waals surface area contributed by atoms with Crippen molar-refractivity contribution in [2.24, 2.45) is 0 Å². The molecular formula is C15H19NO. The monoisotopic (exact) mass is 229 g/mol. The van der Waals surface area contributed by atoms with Crippen LogP contribution in [0, 0.1) is 6.92 Å². The highest BCUT2D eigenvalue weighted by molar-refractivity contribution is 5.21. The minimum Gasteiger partial charge on any atom is -0.468 e. The molecule has 90 valence electrons. The highest BCUT2D eigenvalue weighted by Gasteiger charge is 1.95. The lowest BCUT2D eigenvalue weighted by molar-refractivity contribution is 0.481. The maximum absolute atomic E-state index is 5.25. The summed E-state index contributed by atoms with van der Waals surface area (Å²) in [7, 11) is 0. The Morgan fingerprint density at radius 1 is 1.12 bits per heavy atom. The Labute approximate surface area is 103 Å². The molecule has 1 aromatic heterocycles. The van der Waals surface area contributed by atoms with Gasteiger partial charge in [0, 0.05) is 0 Å². The van der Waals surface area contributed by atoms with E-state index < -0.39 is 0 Å². The lowest BCUT2D eigenvalue weighted by Crippen LogP contribution is -2.14. The van der Waals surface area contributed by atoms with Crippen LogP contribution < -0.4 is 5.32 Å². The topological polar surface area (TPSA) is 25.2 Å². The fraction of sp³-hybridized carbons (Fsp3) is 0.333. The summed E-state index contributed by atoms with van der Waals surface area (Å²) >= 11 is 0. The SMILES string of the molecule is Cc1ccc(CCCNCc2ccco2)cc1. The molecule has 0 saturated carbocycles. The normalized spacial score (nSPS) is 10.6. The Hall–Kier alpha value is -1.54. The molecule has 0 aliphatic rings. The van der Waals surface area contributed by atoms with Crippen molar-refractivity contribution in [3.8, 4) is 0 Å². The third kappa shape index (κ3) is 4.08. The Morgan fingerprint density at radius 3 is 2.65 bits per heavy atom. The molecule has 0 spiro atoms. The lowest BCUT2D eigenvalue weighted by Gasteiger charge is -2.03. The van der Waals surface area contributed by atoms with Gasteiger partial charge in [0.15, 0.2) is 0 Å². The van der Waals surface area contributed by atoms with Crippen molar-refractivity contribution in [2.45, 2.75) is 26.3 Å². The molecule has 2 rings (SSSR count). The number of rotatable bonds is 6. The molecular weight excluding hydrogens is 210 g/mol. The summed E-state index contributed by atoms with van der Waals surface area (Å²) in [5.74, 6) is 1.00. The van der Waals surface area contributed by atoms with Crippen molar-refractivity contribution >= 4 is 0 Å². The van der Waals surface area contributed by atoms with E-state index in [4.69, 9.17) is 4.42 Å². The average Bonchev–Trinajstić information content (AvgIpc) is 2.84. The molecule has 1 heterocycles. The molecule has 0 aliphatic carbocycles. The minimum absolute atomic E-state index is 0.820. The third-order valence-corrected chi connectivity index (χ3v) is 2.82. The third-order valence-electron chi connectivity index (χ3n) is 2.82. The molecule has 0 atom stereocenters. The van der Waals surface area contributed by atoms with Gasteiger partial charge in [-0.15, -0.1) is 0 Å². The van der Waals surface area contributed by atoms with Crippen LogP contribution in [0.3, 0.4) is 0 Å². The highest BCUT2D eigenvalue weighted by atomic mass is 16.3. The van der Waals surface area contributed by atoms with Gasteiger partial charge in [0.1, 0.15) is 5.76 Å². The van der Waals surface area contributed by atoms with E-state index in [9.17, 15) is 0 Å². The number of hydrogen-bond donors (Lipinski definition) is 1. The van der Waals surface area contributed by atoms with Crippen molar-refractivity contribution in [2.75, 3.05) is 6.54 Å². The van der Waals surface area contributed by atoms with Crippen molar-refractivity contribution in [1.82, 2.24) is 5.32 Å². The second-order valence-corrected chi connectivity index (χ2v) is 4.35. The first-order valence-corrected chi connectivity index (χ1v) is 6.13. The molecule has 1 aromatic carbocycles. The largest absolute Gasteiger partial charge is 0.468 e. The van der Waals surface area contributed by atoms with Gasteiger partial charge in [-0.2, -0.15) is 0 Å². The Morgan fingerprint density at radius 2 is 1.94 bits per heavy atom. The molecule has 0 radical (unpaired) electrons. The highest BCUT2D eigenvalue weighted by Crippen LogP contribution is 2.05. The van der Waals surface area contributed by atoms with Gasteiger partial charge in [-0.05, 0) is 44.0 Å². The van der Waals surface area contributed by atoms with Gasteiger partial charge in [-0.25, -0.2) is 0 Å². The number of benzene rings is 1. The van der Waals surface area contributed by atoms with Crippen LogP contribution in [-0.4, -0.2) is 6.54 Å². The van der Waals surface area contributed by atoms with Crippen molar-refractivity contribution in [1.29, 1.82) is 0 Å². The van der Waals surface area contributed by atoms with Crippen LogP contribution in [0.15, 0.2) is 47.1 Å². The smallest absolute Gasteiger partial charge is 0.117 e. The molecule has 0 unspecified atom stereocenters. The number of nitrogens with one attached hydrogen (secondary N) is 1. The van der Waals surface area contributed by atoms with Gasteiger partial charge in [0.2, 0.25) is 0 Å². The molecule has 2 nitrogen and oxygen atoms in total. The van der Waals surface area contributed by atoms with Crippen LogP contribution in [0.4, 0.5) is 0 Å². The van der Waals surface area contributed by atoms with E-state index in [0.717, 1.165) is 31.7 Å². The maximum Gasteiger partial charge on any atom is 0.117 e. The van der Waals surface area contributed by atoms with Crippen LogP contribution in [0.1, 0.15) is 23.3 Å². The molecule has 0 amide bonds. The fourth-order valence-electron chi connectivity index (χ4n) is 1.80. The quantitative estimate of drug-likeness (QED) is 0.769. The van der Waals surface area contributed by atoms with Gasteiger partial charge < -0.3 is 9.73 Å². The van der Waals surface area contributed by atoms with Gasteiger partial charge in [-0.3, -0.25) is 0 Å². The number of furan rings is 1. The fourth-order valence-corrected chi connectivity index (χ4v) is 1.80. The van der Waals surface area contributed by atoms with Crippen molar-refractivity contribution < 1.29 is 4.42 Å². The average molecular weight is 229 g/mol. The molecule has 17 heavy (non-hydrogen) atoms. The van der Waals surface area contributed by atoms with Crippen molar-refractivity contribution in [3.05, 3.63) is 59.5 Å². The summed E-state index contributed by atoms with van der Waals surface area (Å²) in [4.78, 5) is 0. The van der Waals surface area contributed by atoms with Gasteiger partial charge >= 0.3 is 0 Å².